The summed E-state index contributed by atoms with van der Waals surface area (Å²) in [6, 6.07) is 5.12. The topological polar surface area (TPSA) is 97.8 Å². The molecule has 3 rings (SSSR count). The van der Waals surface area contributed by atoms with Crippen molar-refractivity contribution in [2.24, 2.45) is 0 Å². The second kappa shape index (κ2) is 7.66. The van der Waals surface area contributed by atoms with Gasteiger partial charge in [-0.2, -0.15) is 0 Å². The summed E-state index contributed by atoms with van der Waals surface area (Å²) in [5.41, 5.74) is 1.36. The molecule has 28 heavy (non-hydrogen) atoms. The number of benzene rings is 1. The molecule has 1 aliphatic heterocycles. The summed E-state index contributed by atoms with van der Waals surface area (Å²) in [6.07, 6.45) is 2.40. The van der Waals surface area contributed by atoms with Gasteiger partial charge in [0.25, 0.3) is 5.91 Å². The Kier molecular flexibility index (Phi) is 5.61. The SMILES string of the molecule is Cc1ccc(C)c(S(=O)(=O)C2(C(=O)OCC(=O)N3CCCC3=O)CCCC2)c1. The Morgan fingerprint density at radius 1 is 1.14 bits per heavy atom. The number of esters is 1. The molecule has 0 unspecified atom stereocenters. The maximum absolute atomic E-state index is 13.5. The number of ether oxygens (including phenoxy) is 1. The number of carbonyl (C=O) groups excluding carboxylic acids is 3. The van der Waals surface area contributed by atoms with Gasteiger partial charge in [0.15, 0.2) is 21.2 Å². The molecule has 0 bridgehead atoms. The Morgan fingerprint density at radius 2 is 1.82 bits per heavy atom. The third kappa shape index (κ3) is 3.45. The number of hydrogen-bond donors (Lipinski definition) is 0. The molecule has 1 aliphatic carbocycles. The van der Waals surface area contributed by atoms with Crippen LogP contribution in [0.4, 0.5) is 0 Å². The molecule has 1 aromatic carbocycles. The van der Waals surface area contributed by atoms with E-state index in [9.17, 15) is 22.8 Å². The zero-order valence-electron chi connectivity index (χ0n) is 16.2. The molecule has 2 amide bonds. The van der Waals surface area contributed by atoms with Crippen molar-refractivity contribution in [1.29, 1.82) is 0 Å². The van der Waals surface area contributed by atoms with E-state index in [1.807, 2.05) is 6.07 Å². The van der Waals surface area contributed by atoms with Gasteiger partial charge in [0.05, 0.1) is 4.90 Å². The number of carbonyl (C=O) groups is 3. The predicted octanol–water partition coefficient (Wildman–Crippen LogP) is 2.08. The Balaban J connectivity index is 1.85. The van der Waals surface area contributed by atoms with Gasteiger partial charge in [0.2, 0.25) is 5.91 Å². The number of sulfone groups is 1. The molecule has 1 aromatic rings. The van der Waals surface area contributed by atoms with Crippen molar-refractivity contribution in [1.82, 2.24) is 4.90 Å². The van der Waals surface area contributed by atoms with E-state index in [1.165, 1.54) is 0 Å². The van der Waals surface area contributed by atoms with Crippen LogP contribution in [-0.2, 0) is 29.0 Å². The molecular formula is C20H25NO6S. The fourth-order valence-corrected chi connectivity index (χ4v) is 6.34. The van der Waals surface area contributed by atoms with E-state index >= 15 is 0 Å². The van der Waals surface area contributed by atoms with Gasteiger partial charge in [0.1, 0.15) is 0 Å². The van der Waals surface area contributed by atoms with E-state index in [2.05, 4.69) is 0 Å². The molecule has 1 heterocycles. The van der Waals surface area contributed by atoms with E-state index in [1.54, 1.807) is 26.0 Å². The minimum atomic E-state index is -4.00. The van der Waals surface area contributed by atoms with E-state index in [-0.39, 0.29) is 23.6 Å². The van der Waals surface area contributed by atoms with Gasteiger partial charge in [-0.3, -0.25) is 19.3 Å². The van der Waals surface area contributed by atoms with Gasteiger partial charge in [-0.05, 0) is 50.3 Å². The van der Waals surface area contributed by atoms with Gasteiger partial charge in [-0.1, -0.05) is 25.0 Å². The summed E-state index contributed by atoms with van der Waals surface area (Å²) in [7, 11) is -4.00. The lowest BCUT2D eigenvalue weighted by atomic mass is 10.1. The number of amides is 2. The number of hydrogen-bond acceptors (Lipinski definition) is 6. The largest absolute Gasteiger partial charge is 0.454 e. The zero-order valence-corrected chi connectivity index (χ0v) is 17.0. The van der Waals surface area contributed by atoms with Crippen LogP contribution in [0, 0.1) is 13.8 Å². The molecular weight excluding hydrogens is 382 g/mol. The Hall–Kier alpha value is -2.22. The molecule has 0 aromatic heterocycles. The van der Waals surface area contributed by atoms with Crippen LogP contribution in [0.3, 0.4) is 0 Å². The van der Waals surface area contributed by atoms with Crippen molar-refractivity contribution in [2.45, 2.75) is 62.0 Å². The fourth-order valence-electron chi connectivity index (χ4n) is 3.98. The average Bonchev–Trinajstić information content (AvgIpc) is 3.31. The molecule has 2 aliphatic rings. The molecule has 2 fully saturated rings. The second-order valence-corrected chi connectivity index (χ2v) is 9.82. The smallest absolute Gasteiger partial charge is 0.328 e. The molecule has 7 nitrogen and oxygen atoms in total. The Bertz CT molecular complexity index is 915. The molecule has 1 saturated carbocycles. The minimum Gasteiger partial charge on any atom is -0.454 e. The van der Waals surface area contributed by atoms with Crippen LogP contribution in [0.1, 0.15) is 49.7 Å². The standard InChI is InChI=1S/C20H25NO6S/c1-14-7-8-15(2)16(12-14)28(25,26)20(9-3-4-10-20)19(24)27-13-18(23)21-11-5-6-17(21)22/h7-8,12H,3-6,9-11,13H2,1-2H3. The van der Waals surface area contributed by atoms with Gasteiger partial charge < -0.3 is 4.74 Å². The zero-order chi connectivity index (χ0) is 20.5. The van der Waals surface area contributed by atoms with Gasteiger partial charge in [-0.25, -0.2) is 8.42 Å². The number of nitrogens with zero attached hydrogens (tertiary/aromatic N) is 1. The molecule has 1 saturated heterocycles. The highest BCUT2D eigenvalue weighted by Gasteiger charge is 2.55. The molecule has 0 N–H and O–H groups in total. The molecule has 0 radical (unpaired) electrons. The van der Waals surface area contributed by atoms with Gasteiger partial charge in [0, 0.05) is 13.0 Å². The van der Waals surface area contributed by atoms with Crippen LogP contribution in [0.5, 0.6) is 0 Å². The number of likely N-dealkylation sites (tertiary alicyclic amines) is 1. The van der Waals surface area contributed by atoms with Crippen molar-refractivity contribution >= 4 is 27.6 Å². The first-order valence-electron chi connectivity index (χ1n) is 9.51. The van der Waals surface area contributed by atoms with Crippen LogP contribution in [0.2, 0.25) is 0 Å². The number of imide groups is 1. The Labute approximate surface area is 165 Å². The lowest BCUT2D eigenvalue weighted by Crippen LogP contribution is -2.47. The quantitative estimate of drug-likeness (QED) is 0.693. The first-order chi connectivity index (χ1) is 13.2. The maximum Gasteiger partial charge on any atom is 0.328 e. The number of rotatable bonds is 5. The van der Waals surface area contributed by atoms with Crippen molar-refractivity contribution < 1.29 is 27.5 Å². The normalized spacial score (nSPS) is 19.1. The van der Waals surface area contributed by atoms with E-state index < -0.39 is 33.1 Å². The van der Waals surface area contributed by atoms with Crippen molar-refractivity contribution in [3.8, 4) is 0 Å². The molecule has 0 spiro atoms. The highest BCUT2D eigenvalue weighted by Crippen LogP contribution is 2.42. The third-order valence-corrected chi connectivity index (χ3v) is 8.25. The first-order valence-corrected chi connectivity index (χ1v) is 11.0. The lowest BCUT2D eigenvalue weighted by Gasteiger charge is -2.27. The van der Waals surface area contributed by atoms with Gasteiger partial charge >= 0.3 is 5.97 Å². The predicted molar refractivity (Wildman–Crippen MR) is 101 cm³/mol. The summed E-state index contributed by atoms with van der Waals surface area (Å²) in [5, 5.41) is 0. The van der Waals surface area contributed by atoms with Crippen LogP contribution >= 0.6 is 0 Å². The first kappa shape index (κ1) is 20.5. The summed E-state index contributed by atoms with van der Waals surface area (Å²) < 4.78 is 30.4. The summed E-state index contributed by atoms with van der Waals surface area (Å²) in [4.78, 5) is 38.0. The summed E-state index contributed by atoms with van der Waals surface area (Å²) in [6.45, 7) is 3.18. The Morgan fingerprint density at radius 3 is 2.43 bits per heavy atom. The lowest BCUT2D eigenvalue weighted by molar-refractivity contribution is -0.156. The molecule has 152 valence electrons. The monoisotopic (exact) mass is 407 g/mol. The highest BCUT2D eigenvalue weighted by atomic mass is 32.2. The van der Waals surface area contributed by atoms with Crippen LogP contribution in [-0.4, -0.2) is 49.0 Å². The fraction of sp³-hybridized carbons (Fsp3) is 0.550. The van der Waals surface area contributed by atoms with Crippen LogP contribution in [0.25, 0.3) is 0 Å². The number of aryl methyl sites for hydroxylation is 2. The molecule has 8 heteroatoms. The summed E-state index contributed by atoms with van der Waals surface area (Å²) in [5.74, 6) is -1.79. The van der Waals surface area contributed by atoms with E-state index in [0.29, 0.717) is 37.8 Å². The van der Waals surface area contributed by atoms with Crippen molar-refractivity contribution in [3.63, 3.8) is 0 Å². The summed E-state index contributed by atoms with van der Waals surface area (Å²) >= 11 is 0. The van der Waals surface area contributed by atoms with Crippen molar-refractivity contribution in [3.05, 3.63) is 29.3 Å². The van der Waals surface area contributed by atoms with Crippen LogP contribution < -0.4 is 0 Å². The van der Waals surface area contributed by atoms with Gasteiger partial charge in [-0.15, -0.1) is 0 Å². The van der Waals surface area contributed by atoms with E-state index in [0.717, 1.165) is 10.5 Å². The van der Waals surface area contributed by atoms with Crippen molar-refractivity contribution in [2.75, 3.05) is 13.2 Å². The van der Waals surface area contributed by atoms with Crippen LogP contribution in [0.15, 0.2) is 23.1 Å². The third-order valence-electron chi connectivity index (χ3n) is 5.63. The average molecular weight is 407 g/mol. The highest BCUT2D eigenvalue weighted by molar-refractivity contribution is 7.93. The maximum atomic E-state index is 13.5. The molecule has 0 atom stereocenters. The van der Waals surface area contributed by atoms with E-state index in [4.69, 9.17) is 4.74 Å². The second-order valence-electron chi connectivity index (χ2n) is 7.59. The minimum absolute atomic E-state index is 0.132.